The zero-order valence-corrected chi connectivity index (χ0v) is 10.6. The minimum absolute atomic E-state index is 0.949. The molecule has 0 spiro atoms. The molecule has 0 aliphatic rings. The molecule has 0 saturated carbocycles. The lowest BCUT2D eigenvalue weighted by Gasteiger charge is -2.01. The molecule has 0 fully saturated rings. The van der Waals surface area contributed by atoms with Gasteiger partial charge in [0.2, 0.25) is 0 Å². The Morgan fingerprint density at radius 3 is 2.94 bits per heavy atom. The second kappa shape index (κ2) is 5.62. The number of hydrogen-bond donors (Lipinski definition) is 0. The Labute approximate surface area is 102 Å². The predicted octanol–water partition coefficient (Wildman–Crippen LogP) is 3.87. The van der Waals surface area contributed by atoms with E-state index in [4.69, 9.17) is 0 Å². The summed E-state index contributed by atoms with van der Waals surface area (Å²) in [4.78, 5) is 0. The fourth-order valence-corrected chi connectivity index (χ4v) is 1.91. The number of aromatic nitrogens is 3. The quantitative estimate of drug-likeness (QED) is 0.729. The first-order chi connectivity index (χ1) is 8.31. The second-order valence-corrected chi connectivity index (χ2v) is 4.46. The minimum Gasteiger partial charge on any atom is -0.220 e. The largest absolute Gasteiger partial charge is 0.220 e. The molecule has 2 rings (SSSR count). The normalized spacial score (nSPS) is 12.2. The number of unbranched alkanes of at least 4 members (excludes halogenated alkanes) is 2. The molecular weight excluding hydrogens is 210 g/mol. The predicted molar refractivity (Wildman–Crippen MR) is 71.6 cm³/mol. The van der Waals surface area contributed by atoms with Crippen LogP contribution in [-0.2, 0) is 0 Å². The maximum absolute atomic E-state index is 4.15. The van der Waals surface area contributed by atoms with Crippen molar-refractivity contribution in [3.63, 3.8) is 0 Å². The summed E-state index contributed by atoms with van der Waals surface area (Å²) in [6.07, 6.45) is 7.04. The number of fused-ring (bicyclic) bond motifs is 1. The Morgan fingerprint density at radius 1 is 1.29 bits per heavy atom. The van der Waals surface area contributed by atoms with Crippen LogP contribution < -0.4 is 0 Å². The van der Waals surface area contributed by atoms with Crippen molar-refractivity contribution < 1.29 is 0 Å². The van der Waals surface area contributed by atoms with Gasteiger partial charge in [-0.2, -0.15) is 0 Å². The van der Waals surface area contributed by atoms with Gasteiger partial charge in [-0.1, -0.05) is 42.7 Å². The molecule has 0 aliphatic heterocycles. The highest BCUT2D eigenvalue weighted by Gasteiger charge is 2.00. The van der Waals surface area contributed by atoms with Gasteiger partial charge in [0.25, 0.3) is 0 Å². The van der Waals surface area contributed by atoms with Gasteiger partial charge in [0.15, 0.2) is 0 Å². The summed E-state index contributed by atoms with van der Waals surface area (Å²) in [7, 11) is 0. The van der Waals surface area contributed by atoms with Crippen LogP contribution in [0.5, 0.6) is 0 Å². The number of allylic oxidation sites excluding steroid dienone is 1. The standard InChI is InChI=1S/C14H19N3/c1-3-4-5-8-12(2)11-17-14-10-7-6-9-13(14)15-16-17/h6-7,9-11H,3-5,8H2,1-2H3/b12-11+. The van der Waals surface area contributed by atoms with Crippen molar-refractivity contribution in [2.24, 2.45) is 0 Å². The van der Waals surface area contributed by atoms with Gasteiger partial charge in [-0.05, 0) is 31.9 Å². The minimum atomic E-state index is 0.949. The summed E-state index contributed by atoms with van der Waals surface area (Å²) >= 11 is 0. The Hall–Kier alpha value is -1.64. The fraction of sp³-hybridized carbons (Fsp3) is 0.429. The molecule has 1 heterocycles. The topological polar surface area (TPSA) is 30.7 Å². The zero-order chi connectivity index (χ0) is 12.1. The van der Waals surface area contributed by atoms with Crippen LogP contribution >= 0.6 is 0 Å². The van der Waals surface area contributed by atoms with Crippen molar-refractivity contribution in [3.8, 4) is 0 Å². The van der Waals surface area contributed by atoms with Crippen LogP contribution in [-0.4, -0.2) is 15.0 Å². The summed E-state index contributed by atoms with van der Waals surface area (Å²) in [5.41, 5.74) is 3.38. The molecule has 3 nitrogen and oxygen atoms in total. The molecule has 0 radical (unpaired) electrons. The Morgan fingerprint density at radius 2 is 2.12 bits per heavy atom. The first kappa shape index (κ1) is 11.8. The van der Waals surface area contributed by atoms with Gasteiger partial charge >= 0.3 is 0 Å². The molecule has 0 atom stereocenters. The molecule has 0 saturated heterocycles. The van der Waals surface area contributed by atoms with Crippen molar-refractivity contribution >= 4 is 17.2 Å². The first-order valence-corrected chi connectivity index (χ1v) is 6.28. The van der Waals surface area contributed by atoms with Crippen LogP contribution in [0.3, 0.4) is 0 Å². The number of benzene rings is 1. The third-order valence-corrected chi connectivity index (χ3v) is 2.89. The van der Waals surface area contributed by atoms with Crippen molar-refractivity contribution in [2.45, 2.75) is 39.5 Å². The van der Waals surface area contributed by atoms with Gasteiger partial charge in [-0.25, -0.2) is 4.68 Å². The molecule has 1 aromatic carbocycles. The summed E-state index contributed by atoms with van der Waals surface area (Å²) < 4.78 is 1.87. The summed E-state index contributed by atoms with van der Waals surface area (Å²) in [6, 6.07) is 8.03. The first-order valence-electron chi connectivity index (χ1n) is 6.28. The molecular formula is C14H19N3. The van der Waals surface area contributed by atoms with E-state index in [1.54, 1.807) is 0 Å². The fourth-order valence-electron chi connectivity index (χ4n) is 1.91. The number of rotatable bonds is 5. The van der Waals surface area contributed by atoms with Gasteiger partial charge in [0.05, 0.1) is 5.52 Å². The zero-order valence-electron chi connectivity index (χ0n) is 10.6. The van der Waals surface area contributed by atoms with E-state index >= 15 is 0 Å². The van der Waals surface area contributed by atoms with E-state index in [2.05, 4.69) is 30.4 Å². The van der Waals surface area contributed by atoms with Crippen LogP contribution in [0.4, 0.5) is 0 Å². The maximum atomic E-state index is 4.15. The third kappa shape index (κ3) is 2.93. The van der Waals surface area contributed by atoms with Gasteiger partial charge < -0.3 is 0 Å². The SMILES string of the molecule is CCCCC/C(C)=C/n1nnc2ccccc21. The highest BCUT2D eigenvalue weighted by Crippen LogP contribution is 2.13. The van der Waals surface area contributed by atoms with Crippen molar-refractivity contribution in [1.29, 1.82) is 0 Å². The maximum Gasteiger partial charge on any atom is 0.113 e. The van der Waals surface area contributed by atoms with E-state index in [9.17, 15) is 0 Å². The van der Waals surface area contributed by atoms with Gasteiger partial charge in [0.1, 0.15) is 5.52 Å². The van der Waals surface area contributed by atoms with E-state index in [1.165, 1.54) is 24.8 Å². The molecule has 0 N–H and O–H groups in total. The molecule has 17 heavy (non-hydrogen) atoms. The second-order valence-electron chi connectivity index (χ2n) is 4.46. The van der Waals surface area contributed by atoms with Crippen LogP contribution in [0.25, 0.3) is 17.2 Å². The van der Waals surface area contributed by atoms with E-state index in [0.29, 0.717) is 0 Å². The van der Waals surface area contributed by atoms with Crippen LogP contribution in [0.2, 0.25) is 0 Å². The highest BCUT2D eigenvalue weighted by atomic mass is 15.4. The molecule has 90 valence electrons. The molecule has 3 heteroatoms. The van der Waals surface area contributed by atoms with Gasteiger partial charge in [0, 0.05) is 6.20 Å². The summed E-state index contributed by atoms with van der Waals surface area (Å²) in [5, 5.41) is 8.29. The van der Waals surface area contributed by atoms with E-state index in [0.717, 1.165) is 17.5 Å². The summed E-state index contributed by atoms with van der Waals surface area (Å²) in [5.74, 6) is 0. The smallest absolute Gasteiger partial charge is 0.113 e. The van der Waals surface area contributed by atoms with Crippen LogP contribution in [0.1, 0.15) is 39.5 Å². The average molecular weight is 229 g/mol. The Bertz CT molecular complexity index is 511. The van der Waals surface area contributed by atoms with Gasteiger partial charge in [-0.3, -0.25) is 0 Å². The molecule has 2 aromatic rings. The number of hydrogen-bond acceptors (Lipinski definition) is 2. The lowest BCUT2D eigenvalue weighted by Crippen LogP contribution is -1.91. The van der Waals surface area contributed by atoms with Crippen molar-refractivity contribution in [1.82, 2.24) is 15.0 Å². The lowest BCUT2D eigenvalue weighted by atomic mass is 10.1. The van der Waals surface area contributed by atoms with E-state index in [1.807, 2.05) is 28.9 Å². The summed E-state index contributed by atoms with van der Waals surface area (Å²) in [6.45, 7) is 4.39. The van der Waals surface area contributed by atoms with Crippen molar-refractivity contribution in [2.75, 3.05) is 0 Å². The molecule has 0 aliphatic carbocycles. The monoisotopic (exact) mass is 229 g/mol. The van der Waals surface area contributed by atoms with E-state index in [-0.39, 0.29) is 0 Å². The van der Waals surface area contributed by atoms with Crippen LogP contribution in [0, 0.1) is 0 Å². The van der Waals surface area contributed by atoms with Crippen LogP contribution in [0.15, 0.2) is 29.8 Å². The lowest BCUT2D eigenvalue weighted by molar-refractivity contribution is 0.712. The molecule has 0 amide bonds. The Kier molecular flexibility index (Phi) is 3.91. The van der Waals surface area contributed by atoms with Gasteiger partial charge in [-0.15, -0.1) is 5.10 Å². The number of nitrogens with zero attached hydrogens (tertiary/aromatic N) is 3. The molecule has 1 aromatic heterocycles. The average Bonchev–Trinajstić information content (AvgIpc) is 2.73. The molecule has 0 bridgehead atoms. The van der Waals surface area contributed by atoms with E-state index < -0.39 is 0 Å². The third-order valence-electron chi connectivity index (χ3n) is 2.89. The highest BCUT2D eigenvalue weighted by molar-refractivity contribution is 5.75. The number of para-hydroxylation sites is 1. The molecule has 0 unspecified atom stereocenters. The van der Waals surface area contributed by atoms with Crippen molar-refractivity contribution in [3.05, 3.63) is 29.8 Å². The Balaban J connectivity index is 2.14.